The Balaban J connectivity index is 1.93. The van der Waals surface area contributed by atoms with Crippen LogP contribution in [0.2, 0.25) is 0 Å². The maximum Gasteiger partial charge on any atom is 0.348 e. The maximum atomic E-state index is 12.0. The Morgan fingerprint density at radius 1 is 1.10 bits per heavy atom. The van der Waals surface area contributed by atoms with Crippen LogP contribution in [0.1, 0.15) is 16.7 Å². The molecule has 4 nitrogen and oxygen atoms in total. The molecule has 106 valence electrons. The Kier molecular flexibility index (Phi) is 3.44. The third-order valence-corrected chi connectivity index (χ3v) is 3.53. The Bertz CT molecular complexity index is 839. The van der Waals surface area contributed by atoms with E-state index in [-0.39, 0.29) is 11.6 Å². The van der Waals surface area contributed by atoms with Gasteiger partial charge in [0.2, 0.25) is 0 Å². The van der Waals surface area contributed by atoms with Gasteiger partial charge in [-0.2, -0.15) is 4.98 Å². The van der Waals surface area contributed by atoms with E-state index in [2.05, 4.69) is 10.3 Å². The zero-order valence-electron chi connectivity index (χ0n) is 12.0. The number of aromatic nitrogens is 1. The van der Waals surface area contributed by atoms with Gasteiger partial charge in [-0.25, -0.2) is 4.79 Å². The van der Waals surface area contributed by atoms with Gasteiger partial charge < -0.3 is 9.73 Å². The number of benzene rings is 2. The zero-order chi connectivity index (χ0) is 14.8. The monoisotopic (exact) mass is 280 g/mol. The molecule has 3 aromatic rings. The summed E-state index contributed by atoms with van der Waals surface area (Å²) < 4.78 is 5.23. The summed E-state index contributed by atoms with van der Waals surface area (Å²) in [7, 11) is 0. The molecule has 1 heterocycles. The van der Waals surface area contributed by atoms with Crippen LogP contribution in [0.25, 0.3) is 10.9 Å². The van der Waals surface area contributed by atoms with Crippen molar-refractivity contribution in [3.8, 4) is 0 Å². The van der Waals surface area contributed by atoms with Gasteiger partial charge in [-0.3, -0.25) is 0 Å². The minimum absolute atomic E-state index is 0.250. The SMILES string of the molecule is Cc1cc2nc(NCc3ccccc3)oc(=O)c2cc1C. The van der Waals surface area contributed by atoms with Gasteiger partial charge in [0.25, 0.3) is 6.01 Å². The van der Waals surface area contributed by atoms with Crippen LogP contribution in [-0.4, -0.2) is 4.98 Å². The quantitative estimate of drug-likeness (QED) is 0.798. The third kappa shape index (κ3) is 2.79. The predicted molar refractivity (Wildman–Crippen MR) is 83.5 cm³/mol. The lowest BCUT2D eigenvalue weighted by atomic mass is 10.1. The van der Waals surface area contributed by atoms with Crippen LogP contribution < -0.4 is 10.9 Å². The number of anilines is 1. The fourth-order valence-electron chi connectivity index (χ4n) is 2.18. The molecule has 0 aliphatic carbocycles. The zero-order valence-corrected chi connectivity index (χ0v) is 12.0. The van der Waals surface area contributed by atoms with Gasteiger partial charge >= 0.3 is 5.63 Å². The van der Waals surface area contributed by atoms with E-state index < -0.39 is 0 Å². The van der Waals surface area contributed by atoms with Crippen molar-refractivity contribution < 1.29 is 4.42 Å². The van der Waals surface area contributed by atoms with Crippen molar-refractivity contribution in [3.63, 3.8) is 0 Å². The van der Waals surface area contributed by atoms with Crippen LogP contribution in [0.5, 0.6) is 0 Å². The van der Waals surface area contributed by atoms with E-state index in [0.717, 1.165) is 16.7 Å². The summed E-state index contributed by atoms with van der Waals surface area (Å²) in [5.74, 6) is 0. The van der Waals surface area contributed by atoms with Crippen molar-refractivity contribution in [2.45, 2.75) is 20.4 Å². The molecule has 0 atom stereocenters. The highest BCUT2D eigenvalue weighted by Gasteiger charge is 2.08. The van der Waals surface area contributed by atoms with Gasteiger partial charge in [0.05, 0.1) is 10.9 Å². The minimum atomic E-state index is -0.362. The first-order valence-corrected chi connectivity index (χ1v) is 6.83. The van der Waals surface area contributed by atoms with Crippen LogP contribution in [0, 0.1) is 13.8 Å². The van der Waals surface area contributed by atoms with Gasteiger partial charge in [0.1, 0.15) is 0 Å². The first-order valence-electron chi connectivity index (χ1n) is 6.83. The molecule has 21 heavy (non-hydrogen) atoms. The van der Waals surface area contributed by atoms with Gasteiger partial charge in [0, 0.05) is 6.54 Å². The first-order chi connectivity index (χ1) is 10.1. The average Bonchev–Trinajstić information content (AvgIpc) is 2.48. The molecular weight excluding hydrogens is 264 g/mol. The van der Waals surface area contributed by atoms with Crippen molar-refractivity contribution in [1.82, 2.24) is 4.98 Å². The van der Waals surface area contributed by atoms with Crippen molar-refractivity contribution in [2.24, 2.45) is 0 Å². The molecule has 0 spiro atoms. The largest absolute Gasteiger partial charge is 0.389 e. The molecule has 0 amide bonds. The predicted octanol–water partition coefficient (Wildman–Crippen LogP) is 3.42. The van der Waals surface area contributed by atoms with E-state index in [1.54, 1.807) is 0 Å². The summed E-state index contributed by atoms with van der Waals surface area (Å²) in [6, 6.07) is 13.9. The van der Waals surface area contributed by atoms with Crippen LogP contribution in [0.15, 0.2) is 51.7 Å². The molecule has 4 heteroatoms. The second-order valence-electron chi connectivity index (χ2n) is 5.10. The Morgan fingerprint density at radius 2 is 1.81 bits per heavy atom. The summed E-state index contributed by atoms with van der Waals surface area (Å²) in [6.07, 6.45) is 0. The molecule has 2 aromatic carbocycles. The summed E-state index contributed by atoms with van der Waals surface area (Å²) >= 11 is 0. The molecule has 0 unspecified atom stereocenters. The summed E-state index contributed by atoms with van der Waals surface area (Å²) in [5.41, 5.74) is 3.56. The summed E-state index contributed by atoms with van der Waals surface area (Å²) in [4.78, 5) is 16.4. The normalized spacial score (nSPS) is 10.8. The van der Waals surface area contributed by atoms with Crippen LogP contribution >= 0.6 is 0 Å². The van der Waals surface area contributed by atoms with Crippen LogP contribution in [0.4, 0.5) is 6.01 Å². The number of nitrogens with zero attached hydrogens (tertiary/aromatic N) is 1. The number of hydrogen-bond donors (Lipinski definition) is 1. The van der Waals surface area contributed by atoms with Crippen LogP contribution in [0.3, 0.4) is 0 Å². The number of aryl methyl sites for hydroxylation is 2. The standard InChI is InChI=1S/C17H16N2O2/c1-11-8-14-15(9-12(11)2)19-17(21-16(14)20)18-10-13-6-4-3-5-7-13/h3-9H,10H2,1-2H3,(H,18,19). The van der Waals surface area contributed by atoms with Gasteiger partial charge in [0.15, 0.2) is 0 Å². The second kappa shape index (κ2) is 5.40. The molecule has 1 N–H and O–H groups in total. The fraction of sp³-hybridized carbons (Fsp3) is 0.176. The maximum absolute atomic E-state index is 12.0. The first kappa shape index (κ1) is 13.4. The lowest BCUT2D eigenvalue weighted by Crippen LogP contribution is -2.08. The number of fused-ring (bicyclic) bond motifs is 1. The number of nitrogens with one attached hydrogen (secondary N) is 1. The minimum Gasteiger partial charge on any atom is -0.389 e. The molecule has 0 bridgehead atoms. The Labute approximate surface area is 122 Å². The second-order valence-corrected chi connectivity index (χ2v) is 5.10. The third-order valence-electron chi connectivity index (χ3n) is 3.53. The average molecular weight is 280 g/mol. The Hall–Kier alpha value is -2.62. The molecule has 0 fully saturated rings. The molecule has 0 radical (unpaired) electrons. The summed E-state index contributed by atoms with van der Waals surface area (Å²) in [6.45, 7) is 4.53. The Morgan fingerprint density at radius 3 is 2.57 bits per heavy atom. The van der Waals surface area contributed by atoms with E-state index in [9.17, 15) is 4.79 Å². The van der Waals surface area contributed by atoms with Crippen LogP contribution in [-0.2, 0) is 6.54 Å². The van der Waals surface area contributed by atoms with E-state index in [4.69, 9.17) is 4.42 Å². The molecule has 0 aliphatic heterocycles. The highest BCUT2D eigenvalue weighted by molar-refractivity contribution is 5.79. The van der Waals surface area contributed by atoms with E-state index in [1.165, 1.54) is 0 Å². The fourth-order valence-corrected chi connectivity index (χ4v) is 2.18. The van der Waals surface area contributed by atoms with Crippen molar-refractivity contribution in [1.29, 1.82) is 0 Å². The molecule has 0 saturated heterocycles. The highest BCUT2D eigenvalue weighted by atomic mass is 16.4. The van der Waals surface area contributed by atoms with Crippen molar-refractivity contribution >= 4 is 16.9 Å². The highest BCUT2D eigenvalue weighted by Crippen LogP contribution is 2.17. The topological polar surface area (TPSA) is 55.1 Å². The lowest BCUT2D eigenvalue weighted by Gasteiger charge is -2.06. The van der Waals surface area contributed by atoms with E-state index in [1.807, 2.05) is 56.3 Å². The van der Waals surface area contributed by atoms with E-state index >= 15 is 0 Å². The number of hydrogen-bond acceptors (Lipinski definition) is 4. The van der Waals surface area contributed by atoms with Crippen molar-refractivity contribution in [3.05, 3.63) is 69.6 Å². The number of rotatable bonds is 3. The molecule has 0 saturated carbocycles. The smallest absolute Gasteiger partial charge is 0.348 e. The molecule has 3 rings (SSSR count). The van der Waals surface area contributed by atoms with Gasteiger partial charge in [-0.05, 0) is 42.7 Å². The van der Waals surface area contributed by atoms with Gasteiger partial charge in [-0.15, -0.1) is 0 Å². The molecular formula is C17H16N2O2. The lowest BCUT2D eigenvalue weighted by molar-refractivity contribution is 0.516. The molecule has 0 aliphatic rings. The summed E-state index contributed by atoms with van der Waals surface area (Å²) in [5, 5.41) is 3.57. The van der Waals surface area contributed by atoms with Crippen molar-refractivity contribution in [2.75, 3.05) is 5.32 Å². The van der Waals surface area contributed by atoms with Gasteiger partial charge in [-0.1, -0.05) is 30.3 Å². The molecule has 1 aromatic heterocycles. The van der Waals surface area contributed by atoms with E-state index in [0.29, 0.717) is 17.4 Å².